The number of carbonyl (C=O) groups is 1. The molecule has 1 amide bonds. The van der Waals surface area contributed by atoms with Crippen molar-refractivity contribution in [3.05, 3.63) is 46.2 Å². The standard InChI is InChI=1S/C11H7Cl2N3O/c12-8-5-9(13)16-11(15-8)7-3-1-6(2-4-7)10(14)17/h1-5H,(H2,14,17). The van der Waals surface area contributed by atoms with E-state index in [2.05, 4.69) is 9.97 Å². The number of amides is 1. The molecule has 0 atom stereocenters. The van der Waals surface area contributed by atoms with E-state index in [9.17, 15) is 4.79 Å². The van der Waals surface area contributed by atoms with Crippen molar-refractivity contribution in [2.75, 3.05) is 0 Å². The quantitative estimate of drug-likeness (QED) is 0.851. The van der Waals surface area contributed by atoms with Crippen molar-refractivity contribution >= 4 is 29.1 Å². The molecule has 6 heteroatoms. The summed E-state index contributed by atoms with van der Waals surface area (Å²) in [4.78, 5) is 19.0. The van der Waals surface area contributed by atoms with Gasteiger partial charge in [-0.3, -0.25) is 4.79 Å². The average molecular weight is 268 g/mol. The fourth-order valence-electron chi connectivity index (χ4n) is 1.30. The van der Waals surface area contributed by atoms with Crippen LogP contribution >= 0.6 is 23.2 Å². The Morgan fingerprint density at radius 1 is 1.06 bits per heavy atom. The first-order chi connectivity index (χ1) is 8.06. The molecule has 0 bridgehead atoms. The summed E-state index contributed by atoms with van der Waals surface area (Å²) in [5, 5.41) is 0.526. The number of hydrogen-bond acceptors (Lipinski definition) is 3. The van der Waals surface area contributed by atoms with Crippen molar-refractivity contribution in [3.8, 4) is 11.4 Å². The summed E-state index contributed by atoms with van der Waals surface area (Å²) in [5.41, 5.74) is 6.26. The minimum atomic E-state index is -0.485. The SMILES string of the molecule is NC(=O)c1ccc(-c2nc(Cl)cc(Cl)n2)cc1. The Balaban J connectivity index is 2.43. The molecule has 0 radical (unpaired) electrons. The zero-order chi connectivity index (χ0) is 12.4. The summed E-state index contributed by atoms with van der Waals surface area (Å²) in [6.07, 6.45) is 0. The van der Waals surface area contributed by atoms with Crippen LogP contribution in [0.25, 0.3) is 11.4 Å². The van der Waals surface area contributed by atoms with E-state index < -0.39 is 5.91 Å². The minimum Gasteiger partial charge on any atom is -0.366 e. The predicted octanol–water partition coefficient (Wildman–Crippen LogP) is 2.55. The summed E-state index contributed by atoms with van der Waals surface area (Å²) in [7, 11) is 0. The van der Waals surface area contributed by atoms with E-state index in [0.29, 0.717) is 17.0 Å². The molecule has 2 aromatic rings. The van der Waals surface area contributed by atoms with E-state index in [1.54, 1.807) is 24.3 Å². The second-order valence-electron chi connectivity index (χ2n) is 3.28. The normalized spacial score (nSPS) is 10.2. The molecule has 0 fully saturated rings. The van der Waals surface area contributed by atoms with Crippen molar-refractivity contribution < 1.29 is 4.79 Å². The number of hydrogen-bond donors (Lipinski definition) is 1. The lowest BCUT2D eigenvalue weighted by Crippen LogP contribution is -2.10. The van der Waals surface area contributed by atoms with Gasteiger partial charge in [-0.1, -0.05) is 35.3 Å². The first-order valence-corrected chi connectivity index (χ1v) is 5.42. The highest BCUT2D eigenvalue weighted by Crippen LogP contribution is 2.20. The zero-order valence-corrected chi connectivity index (χ0v) is 10.0. The monoisotopic (exact) mass is 267 g/mol. The molecule has 86 valence electrons. The van der Waals surface area contributed by atoms with Crippen LogP contribution in [0.2, 0.25) is 10.3 Å². The Hall–Kier alpha value is -1.65. The molecule has 2 rings (SSSR count). The third-order valence-corrected chi connectivity index (χ3v) is 2.48. The van der Waals surface area contributed by atoms with Crippen LogP contribution < -0.4 is 5.73 Å². The van der Waals surface area contributed by atoms with Gasteiger partial charge in [-0.25, -0.2) is 9.97 Å². The summed E-state index contributed by atoms with van der Waals surface area (Å²) in [5.74, 6) is -0.0832. The third kappa shape index (κ3) is 2.72. The Bertz CT molecular complexity index is 549. The van der Waals surface area contributed by atoms with E-state index in [1.807, 2.05) is 0 Å². The number of halogens is 2. The molecule has 0 saturated heterocycles. The van der Waals surface area contributed by atoms with E-state index in [4.69, 9.17) is 28.9 Å². The molecule has 17 heavy (non-hydrogen) atoms. The lowest BCUT2D eigenvalue weighted by atomic mass is 10.1. The molecule has 1 aromatic heterocycles. The van der Waals surface area contributed by atoms with Gasteiger partial charge in [0.05, 0.1) is 0 Å². The van der Waals surface area contributed by atoms with E-state index >= 15 is 0 Å². The average Bonchev–Trinajstić information content (AvgIpc) is 2.28. The lowest BCUT2D eigenvalue weighted by molar-refractivity contribution is 0.100. The smallest absolute Gasteiger partial charge is 0.248 e. The maximum absolute atomic E-state index is 10.9. The highest BCUT2D eigenvalue weighted by Gasteiger charge is 2.06. The van der Waals surface area contributed by atoms with Gasteiger partial charge in [-0.2, -0.15) is 0 Å². The van der Waals surface area contributed by atoms with Crippen molar-refractivity contribution in [1.29, 1.82) is 0 Å². The number of rotatable bonds is 2. The molecular weight excluding hydrogens is 261 g/mol. The Morgan fingerprint density at radius 3 is 2.06 bits per heavy atom. The number of primary amides is 1. The molecule has 0 saturated carbocycles. The highest BCUT2D eigenvalue weighted by atomic mass is 35.5. The summed E-state index contributed by atoms with van der Waals surface area (Å²) >= 11 is 11.5. The van der Waals surface area contributed by atoms with Crippen molar-refractivity contribution in [2.24, 2.45) is 5.73 Å². The van der Waals surface area contributed by atoms with Gasteiger partial charge in [0.2, 0.25) is 5.91 Å². The second-order valence-corrected chi connectivity index (χ2v) is 4.05. The second kappa shape index (κ2) is 4.69. The van der Waals surface area contributed by atoms with Gasteiger partial charge < -0.3 is 5.73 Å². The van der Waals surface area contributed by atoms with E-state index in [1.165, 1.54) is 6.07 Å². The van der Waals surface area contributed by atoms with Crippen molar-refractivity contribution in [2.45, 2.75) is 0 Å². The molecule has 0 aliphatic carbocycles. The van der Waals surface area contributed by atoms with Crippen LogP contribution in [0.3, 0.4) is 0 Å². The summed E-state index contributed by atoms with van der Waals surface area (Å²) in [6.45, 7) is 0. The summed E-state index contributed by atoms with van der Waals surface area (Å²) < 4.78 is 0. The molecule has 1 heterocycles. The number of nitrogens with zero attached hydrogens (tertiary/aromatic N) is 2. The van der Waals surface area contributed by atoms with Crippen molar-refractivity contribution in [3.63, 3.8) is 0 Å². The maximum Gasteiger partial charge on any atom is 0.248 e. The number of carbonyl (C=O) groups excluding carboxylic acids is 1. The van der Waals surface area contributed by atoms with Gasteiger partial charge in [0.1, 0.15) is 10.3 Å². The number of benzene rings is 1. The number of aromatic nitrogens is 2. The van der Waals surface area contributed by atoms with Gasteiger partial charge in [-0.05, 0) is 12.1 Å². The minimum absolute atomic E-state index is 0.263. The zero-order valence-electron chi connectivity index (χ0n) is 8.52. The molecule has 0 spiro atoms. The van der Waals surface area contributed by atoms with Gasteiger partial charge >= 0.3 is 0 Å². The molecule has 0 unspecified atom stereocenters. The Labute approximate surface area is 107 Å². The maximum atomic E-state index is 10.9. The third-order valence-electron chi connectivity index (χ3n) is 2.09. The van der Waals surface area contributed by atoms with Gasteiger partial charge in [0.15, 0.2) is 5.82 Å². The van der Waals surface area contributed by atoms with Gasteiger partial charge in [0.25, 0.3) is 0 Å². The van der Waals surface area contributed by atoms with Crippen LogP contribution in [-0.4, -0.2) is 15.9 Å². The fourth-order valence-corrected chi connectivity index (χ4v) is 1.73. The molecule has 1 aromatic carbocycles. The predicted molar refractivity (Wildman–Crippen MR) is 66.0 cm³/mol. The highest BCUT2D eigenvalue weighted by molar-refractivity contribution is 6.33. The molecule has 0 aliphatic rings. The first-order valence-electron chi connectivity index (χ1n) is 4.66. The Morgan fingerprint density at radius 2 is 1.59 bits per heavy atom. The van der Waals surface area contributed by atoms with Crippen LogP contribution in [0, 0.1) is 0 Å². The number of nitrogens with two attached hydrogens (primary N) is 1. The van der Waals surface area contributed by atoms with Crippen LogP contribution in [0.4, 0.5) is 0 Å². The van der Waals surface area contributed by atoms with Gasteiger partial charge in [0, 0.05) is 17.2 Å². The lowest BCUT2D eigenvalue weighted by Gasteiger charge is -2.02. The van der Waals surface area contributed by atoms with Crippen LogP contribution in [0.1, 0.15) is 10.4 Å². The Kier molecular flexibility index (Phi) is 3.26. The first kappa shape index (κ1) is 11.8. The van der Waals surface area contributed by atoms with Gasteiger partial charge in [-0.15, -0.1) is 0 Å². The largest absolute Gasteiger partial charge is 0.366 e. The van der Waals surface area contributed by atoms with Crippen LogP contribution in [-0.2, 0) is 0 Å². The van der Waals surface area contributed by atoms with Crippen LogP contribution in [0.5, 0.6) is 0 Å². The molecule has 2 N–H and O–H groups in total. The molecule has 0 aliphatic heterocycles. The molecule has 4 nitrogen and oxygen atoms in total. The topological polar surface area (TPSA) is 68.9 Å². The van der Waals surface area contributed by atoms with E-state index in [-0.39, 0.29) is 10.3 Å². The fraction of sp³-hybridized carbons (Fsp3) is 0. The molecular formula is C11H7Cl2N3O. The van der Waals surface area contributed by atoms with Crippen molar-refractivity contribution in [1.82, 2.24) is 9.97 Å². The van der Waals surface area contributed by atoms with Crippen LogP contribution in [0.15, 0.2) is 30.3 Å². The van der Waals surface area contributed by atoms with E-state index in [0.717, 1.165) is 0 Å². The summed E-state index contributed by atoms with van der Waals surface area (Å²) in [6, 6.07) is 8.00.